The van der Waals surface area contributed by atoms with Gasteiger partial charge < -0.3 is 10.2 Å². The SMILES string of the molecule is O=C(C[NH+](Cc1ccc(F)cc1)C1CC1)Nc1cccc(Cl)c1Cl. The molecule has 2 N–H and O–H groups in total. The molecule has 0 heterocycles. The molecule has 2 aromatic rings. The molecule has 2 aromatic carbocycles. The van der Waals surface area contributed by atoms with Crippen LogP contribution in [0, 0.1) is 5.82 Å². The van der Waals surface area contributed by atoms with Crippen LogP contribution < -0.4 is 10.2 Å². The van der Waals surface area contributed by atoms with Crippen LogP contribution in [-0.2, 0) is 11.3 Å². The van der Waals surface area contributed by atoms with E-state index in [9.17, 15) is 9.18 Å². The van der Waals surface area contributed by atoms with Crippen molar-refractivity contribution in [2.45, 2.75) is 25.4 Å². The first-order chi connectivity index (χ1) is 11.5. The normalized spacial score (nSPS) is 15.1. The summed E-state index contributed by atoms with van der Waals surface area (Å²) in [5, 5.41) is 3.58. The zero-order chi connectivity index (χ0) is 17.1. The number of nitrogens with one attached hydrogen (secondary N) is 2. The number of halogens is 3. The van der Waals surface area contributed by atoms with E-state index < -0.39 is 0 Å². The summed E-state index contributed by atoms with van der Waals surface area (Å²) < 4.78 is 13.0. The van der Waals surface area contributed by atoms with E-state index in [1.807, 2.05) is 0 Å². The second kappa shape index (κ2) is 7.51. The van der Waals surface area contributed by atoms with Gasteiger partial charge in [-0.3, -0.25) is 4.79 Å². The molecule has 1 aliphatic rings. The van der Waals surface area contributed by atoms with Crippen LogP contribution in [0.15, 0.2) is 42.5 Å². The number of amides is 1. The molecule has 3 rings (SSSR count). The highest BCUT2D eigenvalue weighted by molar-refractivity contribution is 6.43. The fraction of sp³-hybridized carbons (Fsp3) is 0.278. The molecule has 1 saturated carbocycles. The third kappa shape index (κ3) is 4.47. The van der Waals surface area contributed by atoms with Crippen molar-refractivity contribution in [2.75, 3.05) is 11.9 Å². The molecule has 0 bridgehead atoms. The van der Waals surface area contributed by atoms with Crippen molar-refractivity contribution in [1.82, 2.24) is 0 Å². The summed E-state index contributed by atoms with van der Waals surface area (Å²) in [6.45, 7) is 1.03. The van der Waals surface area contributed by atoms with Crippen molar-refractivity contribution in [3.05, 3.63) is 63.9 Å². The number of hydrogen-bond donors (Lipinski definition) is 2. The average molecular weight is 368 g/mol. The number of benzene rings is 2. The lowest BCUT2D eigenvalue weighted by Gasteiger charge is -2.19. The smallest absolute Gasteiger partial charge is 0.279 e. The standard InChI is InChI=1S/C18H17Cl2FN2O/c19-15-2-1-3-16(18(15)20)22-17(24)11-23(14-8-9-14)10-12-4-6-13(21)7-5-12/h1-7,14H,8-11H2,(H,22,24)/p+1. The zero-order valence-electron chi connectivity index (χ0n) is 13.0. The number of carbonyl (C=O) groups is 1. The molecule has 1 aliphatic carbocycles. The van der Waals surface area contributed by atoms with E-state index >= 15 is 0 Å². The largest absolute Gasteiger partial charge is 0.321 e. The summed E-state index contributed by atoms with van der Waals surface area (Å²) in [6, 6.07) is 12.1. The molecule has 126 valence electrons. The summed E-state index contributed by atoms with van der Waals surface area (Å²) in [4.78, 5) is 13.5. The van der Waals surface area contributed by atoms with E-state index in [0.29, 0.717) is 34.9 Å². The fourth-order valence-electron chi connectivity index (χ4n) is 2.71. The van der Waals surface area contributed by atoms with E-state index in [0.717, 1.165) is 18.4 Å². The Morgan fingerprint density at radius 2 is 1.88 bits per heavy atom. The minimum Gasteiger partial charge on any atom is -0.321 e. The maximum atomic E-state index is 13.0. The van der Waals surface area contributed by atoms with Crippen molar-refractivity contribution in [3.63, 3.8) is 0 Å². The Balaban J connectivity index is 1.64. The summed E-state index contributed by atoms with van der Waals surface area (Å²) >= 11 is 12.1. The molecule has 24 heavy (non-hydrogen) atoms. The van der Waals surface area contributed by atoms with Crippen molar-refractivity contribution >= 4 is 34.8 Å². The van der Waals surface area contributed by atoms with Gasteiger partial charge >= 0.3 is 0 Å². The Kier molecular flexibility index (Phi) is 5.39. The molecule has 1 fully saturated rings. The van der Waals surface area contributed by atoms with E-state index in [1.54, 1.807) is 30.3 Å². The number of rotatable bonds is 6. The minimum absolute atomic E-state index is 0.108. The number of hydrogen-bond acceptors (Lipinski definition) is 1. The lowest BCUT2D eigenvalue weighted by Crippen LogP contribution is -3.13. The highest BCUT2D eigenvalue weighted by Gasteiger charge is 2.34. The van der Waals surface area contributed by atoms with Crippen LogP contribution in [0.4, 0.5) is 10.1 Å². The average Bonchev–Trinajstić information content (AvgIpc) is 3.38. The Labute approximate surface area is 150 Å². The number of quaternary nitrogens is 1. The van der Waals surface area contributed by atoms with Crippen LogP contribution in [0.25, 0.3) is 0 Å². The third-order valence-corrected chi connectivity index (χ3v) is 4.93. The van der Waals surface area contributed by atoms with Crippen molar-refractivity contribution in [2.24, 2.45) is 0 Å². The molecule has 0 saturated heterocycles. The quantitative estimate of drug-likeness (QED) is 0.806. The van der Waals surface area contributed by atoms with E-state index in [-0.39, 0.29) is 11.7 Å². The Morgan fingerprint density at radius 3 is 2.54 bits per heavy atom. The monoisotopic (exact) mass is 367 g/mol. The van der Waals surface area contributed by atoms with Gasteiger partial charge in [-0.2, -0.15) is 0 Å². The molecule has 0 aromatic heterocycles. The molecule has 1 unspecified atom stereocenters. The van der Waals surface area contributed by atoms with Gasteiger partial charge in [0, 0.05) is 18.4 Å². The summed E-state index contributed by atoms with van der Waals surface area (Å²) in [5.41, 5.74) is 1.54. The summed E-state index contributed by atoms with van der Waals surface area (Å²) in [7, 11) is 0. The van der Waals surface area contributed by atoms with E-state index in [2.05, 4.69) is 5.32 Å². The van der Waals surface area contributed by atoms with Crippen molar-refractivity contribution in [1.29, 1.82) is 0 Å². The maximum absolute atomic E-state index is 13.0. The van der Waals surface area contributed by atoms with Crippen LogP contribution in [-0.4, -0.2) is 18.5 Å². The van der Waals surface area contributed by atoms with Gasteiger partial charge in [0.1, 0.15) is 12.4 Å². The number of carbonyl (C=O) groups excluding carboxylic acids is 1. The molecule has 3 nitrogen and oxygen atoms in total. The Bertz CT molecular complexity index is 732. The fourth-order valence-corrected chi connectivity index (χ4v) is 3.06. The van der Waals surface area contributed by atoms with Crippen LogP contribution in [0.3, 0.4) is 0 Å². The lowest BCUT2D eigenvalue weighted by molar-refractivity contribution is -0.916. The van der Waals surface area contributed by atoms with Crippen LogP contribution in [0.1, 0.15) is 18.4 Å². The van der Waals surface area contributed by atoms with Gasteiger partial charge in [0.2, 0.25) is 0 Å². The topological polar surface area (TPSA) is 33.5 Å². The predicted molar refractivity (Wildman–Crippen MR) is 94.0 cm³/mol. The lowest BCUT2D eigenvalue weighted by atomic mass is 10.2. The Hall–Kier alpha value is -1.62. The first-order valence-electron chi connectivity index (χ1n) is 7.86. The maximum Gasteiger partial charge on any atom is 0.279 e. The van der Waals surface area contributed by atoms with Gasteiger partial charge in [-0.15, -0.1) is 0 Å². The number of anilines is 1. The van der Waals surface area contributed by atoms with Gasteiger partial charge in [0.05, 0.1) is 21.8 Å². The first-order valence-corrected chi connectivity index (χ1v) is 8.61. The molecule has 6 heteroatoms. The van der Waals surface area contributed by atoms with Crippen molar-refractivity contribution < 1.29 is 14.1 Å². The molecule has 0 radical (unpaired) electrons. The van der Waals surface area contributed by atoms with Gasteiger partial charge in [-0.25, -0.2) is 4.39 Å². The molecule has 1 atom stereocenters. The molecule has 0 spiro atoms. The van der Waals surface area contributed by atoms with Gasteiger partial charge in [0.25, 0.3) is 5.91 Å². The minimum atomic E-state index is -0.250. The van der Waals surface area contributed by atoms with E-state index in [1.165, 1.54) is 17.0 Å². The Morgan fingerprint density at radius 1 is 1.17 bits per heavy atom. The van der Waals surface area contributed by atoms with Gasteiger partial charge in [-0.05, 0) is 24.3 Å². The van der Waals surface area contributed by atoms with Crippen LogP contribution in [0.5, 0.6) is 0 Å². The van der Waals surface area contributed by atoms with Crippen molar-refractivity contribution in [3.8, 4) is 0 Å². The summed E-state index contributed by atoms with van der Waals surface area (Å²) in [6.07, 6.45) is 2.23. The highest BCUT2D eigenvalue weighted by Crippen LogP contribution is 2.29. The summed E-state index contributed by atoms with van der Waals surface area (Å²) in [5.74, 6) is -0.358. The first kappa shape index (κ1) is 17.2. The van der Waals surface area contributed by atoms with Crippen LogP contribution in [0.2, 0.25) is 10.0 Å². The van der Waals surface area contributed by atoms with E-state index in [4.69, 9.17) is 23.2 Å². The predicted octanol–water partition coefficient (Wildman–Crippen LogP) is 3.32. The third-order valence-electron chi connectivity index (χ3n) is 4.11. The van der Waals surface area contributed by atoms with Gasteiger partial charge in [0.15, 0.2) is 6.54 Å². The zero-order valence-corrected chi connectivity index (χ0v) is 14.5. The molecular weight excluding hydrogens is 350 g/mol. The highest BCUT2D eigenvalue weighted by atomic mass is 35.5. The second-order valence-corrected chi connectivity index (χ2v) is 6.85. The van der Waals surface area contributed by atoms with Crippen LogP contribution >= 0.6 is 23.2 Å². The molecule has 1 amide bonds. The molecular formula is C18H18Cl2FN2O+. The second-order valence-electron chi connectivity index (χ2n) is 6.06. The molecule has 0 aliphatic heterocycles. The van der Waals surface area contributed by atoms with Gasteiger partial charge in [-0.1, -0.05) is 41.4 Å².